The summed E-state index contributed by atoms with van der Waals surface area (Å²) in [5.41, 5.74) is -0.506. The number of hydrogen-bond donors (Lipinski definition) is 3. The fourth-order valence-electron chi connectivity index (χ4n) is 1.61. The van der Waals surface area contributed by atoms with Crippen LogP contribution in [0.3, 0.4) is 0 Å². The van der Waals surface area contributed by atoms with Crippen LogP contribution in [0.5, 0.6) is 0 Å². The molecule has 0 saturated heterocycles. The van der Waals surface area contributed by atoms with Crippen LogP contribution in [0.2, 0.25) is 0 Å². The maximum atomic E-state index is 11.4. The predicted molar refractivity (Wildman–Crippen MR) is 77.7 cm³/mol. The van der Waals surface area contributed by atoms with Crippen LogP contribution in [0.15, 0.2) is 0 Å². The number of nitrogens with one attached hydrogen (secondary N) is 2. The molecule has 3 N–H and O–H groups in total. The van der Waals surface area contributed by atoms with E-state index in [0.717, 1.165) is 0 Å². The second-order valence-corrected chi connectivity index (χ2v) is 6.26. The SMILES string of the molecule is CC(C)CC(NCCCNC(=O)OC(C)(C)C)C(=O)O. The summed E-state index contributed by atoms with van der Waals surface area (Å²) < 4.78 is 5.09. The molecule has 1 unspecified atom stereocenters. The van der Waals surface area contributed by atoms with E-state index in [1.54, 1.807) is 20.8 Å². The molecule has 1 amide bonds. The minimum atomic E-state index is -0.834. The highest BCUT2D eigenvalue weighted by Crippen LogP contribution is 2.06. The zero-order valence-corrected chi connectivity index (χ0v) is 13.2. The molecule has 0 aliphatic rings. The van der Waals surface area contributed by atoms with Crippen LogP contribution >= 0.6 is 0 Å². The van der Waals surface area contributed by atoms with Crippen molar-refractivity contribution in [2.45, 2.75) is 59.1 Å². The summed E-state index contributed by atoms with van der Waals surface area (Å²) in [6.07, 6.45) is 0.796. The molecular formula is C14H28N2O4. The van der Waals surface area contributed by atoms with Gasteiger partial charge in [0, 0.05) is 6.54 Å². The molecule has 0 radical (unpaired) electrons. The van der Waals surface area contributed by atoms with E-state index >= 15 is 0 Å². The summed E-state index contributed by atoms with van der Waals surface area (Å²) in [4.78, 5) is 22.4. The summed E-state index contributed by atoms with van der Waals surface area (Å²) in [7, 11) is 0. The van der Waals surface area contributed by atoms with Gasteiger partial charge in [0.1, 0.15) is 11.6 Å². The van der Waals surface area contributed by atoms with E-state index in [-0.39, 0.29) is 0 Å². The third-order valence-electron chi connectivity index (χ3n) is 2.42. The smallest absolute Gasteiger partial charge is 0.407 e. The van der Waals surface area contributed by atoms with Gasteiger partial charge in [0.15, 0.2) is 0 Å². The van der Waals surface area contributed by atoms with Crippen molar-refractivity contribution in [3.05, 3.63) is 0 Å². The minimum Gasteiger partial charge on any atom is -0.480 e. The Morgan fingerprint density at radius 1 is 1.20 bits per heavy atom. The lowest BCUT2D eigenvalue weighted by Crippen LogP contribution is -2.39. The average Bonchev–Trinajstić information content (AvgIpc) is 2.23. The third-order valence-corrected chi connectivity index (χ3v) is 2.42. The quantitative estimate of drug-likeness (QED) is 0.594. The number of carboxylic acids is 1. The van der Waals surface area contributed by atoms with Gasteiger partial charge >= 0.3 is 12.1 Å². The molecule has 0 fully saturated rings. The molecule has 6 heteroatoms. The number of carbonyl (C=O) groups excluding carboxylic acids is 1. The van der Waals surface area contributed by atoms with Gasteiger partial charge in [-0.25, -0.2) is 4.79 Å². The highest BCUT2D eigenvalue weighted by Gasteiger charge is 2.18. The monoisotopic (exact) mass is 288 g/mol. The van der Waals surface area contributed by atoms with E-state index < -0.39 is 23.7 Å². The Hall–Kier alpha value is -1.30. The largest absolute Gasteiger partial charge is 0.480 e. The first-order valence-corrected chi connectivity index (χ1v) is 7.05. The van der Waals surface area contributed by atoms with Gasteiger partial charge in [-0.05, 0) is 46.1 Å². The number of hydrogen-bond acceptors (Lipinski definition) is 4. The van der Waals surface area contributed by atoms with E-state index in [9.17, 15) is 9.59 Å². The molecule has 20 heavy (non-hydrogen) atoms. The topological polar surface area (TPSA) is 87.7 Å². The Morgan fingerprint density at radius 2 is 1.80 bits per heavy atom. The molecule has 0 aromatic carbocycles. The number of aliphatic carboxylic acids is 1. The predicted octanol–water partition coefficient (Wildman–Crippen LogP) is 1.99. The zero-order chi connectivity index (χ0) is 15.8. The van der Waals surface area contributed by atoms with Crippen LogP contribution in [0, 0.1) is 5.92 Å². The van der Waals surface area contributed by atoms with Crippen LogP contribution in [0.25, 0.3) is 0 Å². The van der Waals surface area contributed by atoms with Crippen molar-refractivity contribution < 1.29 is 19.4 Å². The lowest BCUT2D eigenvalue weighted by Gasteiger charge is -2.20. The molecule has 0 aliphatic carbocycles. The van der Waals surface area contributed by atoms with Crippen molar-refractivity contribution in [2.75, 3.05) is 13.1 Å². The van der Waals surface area contributed by atoms with Crippen LogP contribution in [0.4, 0.5) is 4.79 Å². The van der Waals surface area contributed by atoms with Crippen molar-refractivity contribution in [2.24, 2.45) is 5.92 Å². The molecule has 118 valence electrons. The third kappa shape index (κ3) is 10.6. The van der Waals surface area contributed by atoms with Crippen molar-refractivity contribution >= 4 is 12.1 Å². The number of carbonyl (C=O) groups is 2. The number of ether oxygens (including phenoxy) is 1. The van der Waals surface area contributed by atoms with E-state index in [1.807, 2.05) is 13.8 Å². The Morgan fingerprint density at radius 3 is 2.25 bits per heavy atom. The summed E-state index contributed by atoms with van der Waals surface area (Å²) in [5, 5.41) is 14.7. The Labute approximate surface area is 121 Å². The van der Waals surface area contributed by atoms with Gasteiger partial charge in [-0.2, -0.15) is 0 Å². The highest BCUT2D eigenvalue weighted by molar-refractivity contribution is 5.73. The van der Waals surface area contributed by atoms with Crippen molar-refractivity contribution in [1.82, 2.24) is 10.6 Å². The summed E-state index contributed by atoms with van der Waals surface area (Å²) >= 11 is 0. The molecule has 0 bridgehead atoms. The normalized spacial score (nSPS) is 13.1. The summed E-state index contributed by atoms with van der Waals surface area (Å²) in [6, 6.07) is -0.531. The molecule has 6 nitrogen and oxygen atoms in total. The molecule has 0 heterocycles. The molecular weight excluding hydrogens is 260 g/mol. The number of amides is 1. The van der Waals surface area contributed by atoms with E-state index in [2.05, 4.69) is 10.6 Å². The first-order chi connectivity index (χ1) is 9.11. The fourth-order valence-corrected chi connectivity index (χ4v) is 1.61. The van der Waals surface area contributed by atoms with Gasteiger partial charge in [-0.1, -0.05) is 13.8 Å². The van der Waals surface area contributed by atoms with E-state index in [0.29, 0.717) is 31.8 Å². The lowest BCUT2D eigenvalue weighted by atomic mass is 10.0. The van der Waals surface area contributed by atoms with E-state index in [1.165, 1.54) is 0 Å². The summed E-state index contributed by atoms with van der Waals surface area (Å²) in [6.45, 7) is 10.4. The number of alkyl carbamates (subject to hydrolysis) is 1. The fraction of sp³-hybridized carbons (Fsp3) is 0.857. The Bertz CT molecular complexity index is 311. The maximum absolute atomic E-state index is 11.4. The Balaban J connectivity index is 3.79. The molecule has 0 saturated carbocycles. The van der Waals surface area contributed by atoms with Crippen LogP contribution in [0.1, 0.15) is 47.5 Å². The minimum absolute atomic E-state index is 0.323. The van der Waals surface area contributed by atoms with Gasteiger partial charge in [-0.15, -0.1) is 0 Å². The summed E-state index contributed by atoms with van der Waals surface area (Å²) in [5.74, 6) is -0.512. The molecule has 1 atom stereocenters. The molecule has 0 aromatic heterocycles. The van der Waals surface area contributed by atoms with Gasteiger partial charge in [0.05, 0.1) is 0 Å². The standard InChI is InChI=1S/C14H28N2O4/c1-10(2)9-11(12(17)18)15-7-6-8-16-13(19)20-14(3,4)5/h10-11,15H,6-9H2,1-5H3,(H,16,19)(H,17,18). The van der Waals surface area contributed by atoms with Gasteiger partial charge < -0.3 is 20.5 Å². The van der Waals surface area contributed by atoms with Gasteiger partial charge in [0.25, 0.3) is 0 Å². The van der Waals surface area contributed by atoms with Crippen LogP contribution in [-0.4, -0.2) is 41.9 Å². The van der Waals surface area contributed by atoms with Gasteiger partial charge in [0.2, 0.25) is 0 Å². The number of carboxylic acid groups (broad SMARTS) is 1. The second kappa shape index (κ2) is 8.79. The average molecular weight is 288 g/mol. The zero-order valence-electron chi connectivity index (χ0n) is 13.2. The van der Waals surface area contributed by atoms with Gasteiger partial charge in [-0.3, -0.25) is 4.79 Å². The highest BCUT2D eigenvalue weighted by atomic mass is 16.6. The van der Waals surface area contributed by atoms with Crippen molar-refractivity contribution in [3.63, 3.8) is 0 Å². The first-order valence-electron chi connectivity index (χ1n) is 7.05. The second-order valence-electron chi connectivity index (χ2n) is 6.26. The van der Waals surface area contributed by atoms with Crippen LogP contribution < -0.4 is 10.6 Å². The molecule has 0 rings (SSSR count). The maximum Gasteiger partial charge on any atom is 0.407 e. The molecule has 0 aliphatic heterocycles. The Kier molecular flexibility index (Phi) is 8.22. The van der Waals surface area contributed by atoms with E-state index in [4.69, 9.17) is 9.84 Å². The number of rotatable bonds is 8. The van der Waals surface area contributed by atoms with Crippen molar-refractivity contribution in [3.8, 4) is 0 Å². The van der Waals surface area contributed by atoms with Crippen LogP contribution in [-0.2, 0) is 9.53 Å². The first kappa shape index (κ1) is 18.7. The van der Waals surface area contributed by atoms with Crippen molar-refractivity contribution in [1.29, 1.82) is 0 Å². The molecule has 0 aromatic rings. The molecule has 0 spiro atoms. The lowest BCUT2D eigenvalue weighted by molar-refractivity contribution is -0.139.